The Morgan fingerprint density at radius 3 is 1.48 bits per heavy atom. The highest BCUT2D eigenvalue weighted by atomic mass is 32.3. The second kappa shape index (κ2) is 33.3. The summed E-state index contributed by atoms with van der Waals surface area (Å²) in [5.41, 5.74) is 3.20. The summed E-state index contributed by atoms with van der Waals surface area (Å²) in [7, 11) is -4.67. The summed E-state index contributed by atoms with van der Waals surface area (Å²) in [4.78, 5) is 60.2. The van der Waals surface area contributed by atoms with E-state index in [1.165, 1.54) is 12.1 Å². The van der Waals surface area contributed by atoms with Crippen molar-refractivity contribution >= 4 is 121 Å². The minimum Gasteiger partial charge on any atom is -0.508 e. The standard InChI is InChI=1S/C22H16N2O3S.C19H16O4S.C13H8O2S.C7H6O2S.C6H6O.H2O4S/c1-14(2)22(25)27-10-9-26-16-7-8-20-18(11-16)21(15(12-23)13-24)17-5-3-4-6-19(17)28-20;1-12(2)19(21)23-10-9-22-13-7-8-17-15(11-13)18(20)14-5-3-4-6-16(14)24-17;14-8-5-6-12-10(7-8)13(15)9-3-1-2-4-11(9)16-12;8-7(9)5-3-1-2-4-6(5)10;7-6-4-2-1-3-5-6;1-5(2,3)4/h3-8,11H,1,9-10H2,2H3;3-8,11H,1,9-10H2,2H3;1-7,14H;1-4,10H,(H,8,9);1-5,7H;(H2,1,2,3,4). The molecule has 0 radical (unpaired) electrons. The van der Waals surface area contributed by atoms with Gasteiger partial charge >= 0.3 is 28.3 Å². The van der Waals surface area contributed by atoms with E-state index in [2.05, 4.69) is 25.8 Å². The fraction of sp³-hybridized carbons (Fsp3) is 0.0896. The third-order valence-corrected chi connectivity index (χ3v) is 15.8. The predicted octanol–water partition coefficient (Wildman–Crippen LogP) is 13.9. The minimum absolute atomic E-state index is 0.00138. The predicted molar refractivity (Wildman–Crippen MR) is 353 cm³/mol. The number of nitriles is 2. The van der Waals surface area contributed by atoms with Gasteiger partial charge in [-0.2, -0.15) is 18.9 Å². The van der Waals surface area contributed by atoms with E-state index >= 15 is 0 Å². The first-order valence-electron chi connectivity index (χ1n) is 26.4. The van der Waals surface area contributed by atoms with Crippen molar-refractivity contribution in [1.29, 1.82) is 10.5 Å². The van der Waals surface area contributed by atoms with E-state index in [0.29, 0.717) is 60.4 Å². The number of carbonyl (C=O) groups is 3. The number of carboxylic acids is 1. The lowest BCUT2D eigenvalue weighted by atomic mass is 9.93. The van der Waals surface area contributed by atoms with Gasteiger partial charge in [-0.3, -0.25) is 18.7 Å². The number of aromatic hydroxyl groups is 2. The van der Waals surface area contributed by atoms with E-state index in [1.807, 2.05) is 121 Å². The number of carboxylic acid groups (broad SMARTS) is 1. The molecule has 0 fully saturated rings. The van der Waals surface area contributed by atoms with Crippen molar-refractivity contribution < 1.29 is 66.2 Å². The lowest BCUT2D eigenvalue weighted by molar-refractivity contribution is -0.140. The third-order valence-electron chi connectivity index (χ3n) is 11.9. The molecular formula is C67H54N2O16S5. The largest absolute Gasteiger partial charge is 0.508 e. The average molecular weight is 1300 g/mol. The summed E-state index contributed by atoms with van der Waals surface area (Å²) in [6, 6.07) is 57.9. The first kappa shape index (κ1) is 69.0. The fourth-order valence-corrected chi connectivity index (χ4v) is 11.3. The van der Waals surface area contributed by atoms with Crippen LogP contribution in [0.5, 0.6) is 23.0 Å². The molecule has 0 atom stereocenters. The number of carbonyl (C=O) groups excluding carboxylic acids is 2. The number of phenolic OH excluding ortho intramolecular Hbond substituents is 2. The molecule has 23 heteroatoms. The lowest BCUT2D eigenvalue weighted by Gasteiger charge is -2.22. The molecule has 0 aliphatic carbocycles. The van der Waals surface area contributed by atoms with Crippen LogP contribution in [-0.4, -0.2) is 77.2 Å². The molecule has 0 spiro atoms. The number of hydrogen-bond acceptors (Lipinski definition) is 19. The smallest absolute Gasteiger partial charge is 0.394 e. The van der Waals surface area contributed by atoms with Gasteiger partial charge in [0.1, 0.15) is 67.1 Å². The second-order valence-electron chi connectivity index (χ2n) is 18.6. The molecule has 90 heavy (non-hydrogen) atoms. The Kier molecular flexibility index (Phi) is 25.6. The molecule has 0 amide bonds. The maximum atomic E-state index is 12.6. The van der Waals surface area contributed by atoms with Gasteiger partial charge in [-0.1, -0.05) is 97.7 Å². The first-order valence-corrected chi connectivity index (χ1v) is 30.7. The van der Waals surface area contributed by atoms with Gasteiger partial charge in [-0.05, 0) is 129 Å². The van der Waals surface area contributed by atoms with Gasteiger partial charge in [0.25, 0.3) is 0 Å². The number of thiol groups is 1. The molecule has 11 rings (SSSR count). The van der Waals surface area contributed by atoms with Crippen molar-refractivity contribution in [1.82, 2.24) is 0 Å². The molecule has 10 aromatic rings. The Hall–Kier alpha value is -10.1. The lowest BCUT2D eigenvalue weighted by Crippen LogP contribution is -2.12. The zero-order chi connectivity index (χ0) is 65.5. The third kappa shape index (κ3) is 20.2. The molecule has 18 nitrogen and oxygen atoms in total. The van der Waals surface area contributed by atoms with Crippen molar-refractivity contribution in [2.24, 2.45) is 0 Å². The summed E-state index contributed by atoms with van der Waals surface area (Å²) < 4.78 is 56.6. The Bertz CT molecular complexity index is 4640. The quantitative estimate of drug-likeness (QED) is 0.0133. The van der Waals surface area contributed by atoms with Crippen LogP contribution < -0.4 is 20.3 Å². The van der Waals surface area contributed by atoms with E-state index in [1.54, 1.807) is 109 Å². The first-order chi connectivity index (χ1) is 43.0. The number of rotatable bonds is 11. The van der Waals surface area contributed by atoms with Crippen LogP contribution in [0.3, 0.4) is 0 Å². The Labute approximate surface area is 533 Å². The van der Waals surface area contributed by atoms with Crippen LogP contribution >= 0.6 is 47.1 Å². The van der Waals surface area contributed by atoms with E-state index in [4.69, 9.17) is 46.7 Å². The van der Waals surface area contributed by atoms with Crippen molar-refractivity contribution in [3.05, 3.63) is 249 Å². The maximum absolute atomic E-state index is 12.6. The minimum atomic E-state index is -4.67. The molecule has 3 heterocycles. The Morgan fingerprint density at radius 2 is 0.978 bits per heavy atom. The molecule has 0 saturated heterocycles. The van der Waals surface area contributed by atoms with Crippen LogP contribution in [0.25, 0.3) is 45.9 Å². The van der Waals surface area contributed by atoms with Crippen molar-refractivity contribution in [3.8, 4) is 35.1 Å². The number of phenols is 2. The second-order valence-corrected chi connectivity index (χ2v) is 23.2. The van der Waals surface area contributed by atoms with Crippen molar-refractivity contribution in [3.63, 3.8) is 0 Å². The highest BCUT2D eigenvalue weighted by Gasteiger charge is 2.25. The molecule has 458 valence electrons. The van der Waals surface area contributed by atoms with Crippen molar-refractivity contribution in [2.75, 3.05) is 26.4 Å². The van der Waals surface area contributed by atoms with Crippen LogP contribution in [0, 0.1) is 22.7 Å². The Morgan fingerprint density at radius 1 is 0.533 bits per heavy atom. The van der Waals surface area contributed by atoms with Gasteiger partial charge in [0.2, 0.25) is 0 Å². The molecule has 1 aliphatic rings. The molecule has 0 saturated carbocycles. The van der Waals surface area contributed by atoms with Gasteiger partial charge in [-0.25, -0.2) is 14.4 Å². The summed E-state index contributed by atoms with van der Waals surface area (Å²) in [5.74, 6) is -0.237. The number of esters is 2. The summed E-state index contributed by atoms with van der Waals surface area (Å²) in [6.45, 7) is 10.8. The van der Waals surface area contributed by atoms with Gasteiger partial charge in [0.05, 0.1) is 5.56 Å². The highest BCUT2D eigenvalue weighted by molar-refractivity contribution is 7.99. The van der Waals surface area contributed by atoms with E-state index in [0.717, 1.165) is 39.7 Å². The van der Waals surface area contributed by atoms with Gasteiger partial charge < -0.3 is 34.3 Å². The summed E-state index contributed by atoms with van der Waals surface area (Å²) in [6.07, 6.45) is 0. The number of benzene rings is 8. The van der Waals surface area contributed by atoms with Gasteiger partial charge in [0.15, 0.2) is 10.9 Å². The van der Waals surface area contributed by atoms with Gasteiger partial charge in [0, 0.05) is 77.3 Å². The monoisotopic (exact) mass is 1300 g/mol. The van der Waals surface area contributed by atoms with Crippen LogP contribution in [0.4, 0.5) is 0 Å². The zero-order valence-corrected chi connectivity index (χ0v) is 51.9. The number of nitrogens with zero attached hydrogens (tertiary/aromatic N) is 2. The normalized spacial score (nSPS) is 10.7. The number of allylic oxidation sites excluding steroid dienone is 1. The molecular weight excluding hydrogens is 1250 g/mol. The number of aromatic carboxylic acids is 1. The molecule has 0 bridgehead atoms. The number of fused-ring (bicyclic) bond motifs is 6. The number of para-hydroxylation sites is 1. The average Bonchev–Trinajstić information content (AvgIpc) is 0.814. The van der Waals surface area contributed by atoms with Crippen LogP contribution in [0.15, 0.2) is 236 Å². The molecule has 2 aromatic heterocycles. The fourth-order valence-electron chi connectivity index (χ4n) is 7.90. The SMILES string of the molecule is C=C(C)C(=O)OCCOc1ccc2c(c1)C(=C(C#N)C#N)c1ccccc1S2.C=C(C)C(=O)OCCOc1ccc2sc3ccccc3c(=O)c2c1.O=C(O)c1ccccc1S.O=S(=O)(O)O.O=c1c2ccccc2sc2ccc(O)cc12.Oc1ccccc1. The van der Waals surface area contributed by atoms with Crippen molar-refractivity contribution in [2.45, 2.75) is 28.5 Å². The summed E-state index contributed by atoms with van der Waals surface area (Å²) >= 11 is 8.68. The number of hydrogen-bond donors (Lipinski definition) is 6. The molecule has 8 aromatic carbocycles. The molecule has 5 N–H and O–H groups in total. The maximum Gasteiger partial charge on any atom is 0.394 e. The number of ether oxygens (including phenoxy) is 4. The topological polar surface area (TPSA) is 305 Å². The highest BCUT2D eigenvalue weighted by Crippen LogP contribution is 2.47. The Balaban J connectivity index is 0.000000187. The molecule has 1 aliphatic heterocycles. The molecule has 0 unspecified atom stereocenters. The van der Waals surface area contributed by atoms with E-state index in [-0.39, 0.29) is 54.2 Å². The zero-order valence-electron chi connectivity index (χ0n) is 47.8. The van der Waals surface area contributed by atoms with Gasteiger partial charge in [-0.15, -0.1) is 35.3 Å². The summed E-state index contributed by atoms with van der Waals surface area (Å²) in [5, 5.41) is 48.1. The van der Waals surface area contributed by atoms with Crippen LogP contribution in [0.1, 0.15) is 35.3 Å². The van der Waals surface area contributed by atoms with E-state index in [9.17, 15) is 39.6 Å². The van der Waals surface area contributed by atoms with Crippen LogP contribution in [0.2, 0.25) is 0 Å². The van der Waals surface area contributed by atoms with Crippen LogP contribution in [-0.2, 0) is 29.5 Å². The van der Waals surface area contributed by atoms with E-state index < -0.39 is 28.3 Å².